The van der Waals surface area contributed by atoms with Crippen LogP contribution in [0.25, 0.3) is 22.8 Å². The van der Waals surface area contributed by atoms with Crippen LogP contribution in [0.5, 0.6) is 0 Å². The maximum Gasteiger partial charge on any atom is 0.181 e. The van der Waals surface area contributed by atoms with Crippen molar-refractivity contribution < 1.29 is 4.39 Å². The minimum Gasteiger partial charge on any atom is -0.241 e. The zero-order valence-corrected chi connectivity index (χ0v) is 10.0. The molecular weight excluding hydrogens is 241 g/mol. The van der Waals surface area contributed by atoms with Crippen molar-refractivity contribution in [1.29, 1.82) is 0 Å². The fourth-order valence-corrected chi connectivity index (χ4v) is 2.44. The molecule has 3 nitrogen and oxygen atoms in total. The van der Waals surface area contributed by atoms with Crippen LogP contribution in [0.15, 0.2) is 48.5 Å². The molecule has 19 heavy (non-hydrogen) atoms. The molecule has 0 saturated carbocycles. The summed E-state index contributed by atoms with van der Waals surface area (Å²) in [5.41, 5.74) is 3.04. The monoisotopic (exact) mass is 251 g/mol. The Labute approximate surface area is 109 Å². The molecule has 0 unspecified atom stereocenters. The highest BCUT2D eigenvalue weighted by molar-refractivity contribution is 5.67. The third-order valence-corrected chi connectivity index (χ3v) is 3.33. The zero-order chi connectivity index (χ0) is 12.8. The highest BCUT2D eigenvalue weighted by Crippen LogP contribution is 2.31. The lowest BCUT2D eigenvalue weighted by Crippen LogP contribution is -1.95. The summed E-state index contributed by atoms with van der Waals surface area (Å²) < 4.78 is 15.1. The topological polar surface area (TPSA) is 30.7 Å². The van der Waals surface area contributed by atoms with Gasteiger partial charge in [-0.2, -0.15) is 5.10 Å². The summed E-state index contributed by atoms with van der Waals surface area (Å²) in [4.78, 5) is 4.53. The van der Waals surface area contributed by atoms with E-state index in [1.165, 1.54) is 17.7 Å². The molecule has 0 saturated heterocycles. The molecule has 4 rings (SSSR count). The lowest BCUT2D eigenvalue weighted by Gasteiger charge is -1.97. The van der Waals surface area contributed by atoms with Gasteiger partial charge in [0, 0.05) is 11.1 Å². The van der Waals surface area contributed by atoms with Gasteiger partial charge in [-0.3, -0.25) is 0 Å². The van der Waals surface area contributed by atoms with Crippen LogP contribution in [0.1, 0.15) is 5.56 Å². The number of benzene rings is 2. The first-order chi connectivity index (χ1) is 9.31. The highest BCUT2D eigenvalue weighted by Gasteiger charge is 2.22. The molecule has 0 fully saturated rings. The van der Waals surface area contributed by atoms with Gasteiger partial charge in [-0.1, -0.05) is 36.4 Å². The second-order valence-corrected chi connectivity index (χ2v) is 4.58. The summed E-state index contributed by atoms with van der Waals surface area (Å²) in [6, 6.07) is 14.5. The van der Waals surface area contributed by atoms with Gasteiger partial charge < -0.3 is 0 Å². The third kappa shape index (κ3) is 1.57. The maximum atomic E-state index is 13.2. The molecule has 0 atom stereocenters. The van der Waals surface area contributed by atoms with Crippen LogP contribution in [0, 0.1) is 5.82 Å². The van der Waals surface area contributed by atoms with E-state index in [0.29, 0.717) is 11.4 Å². The van der Waals surface area contributed by atoms with Crippen molar-refractivity contribution in [2.24, 2.45) is 0 Å². The van der Waals surface area contributed by atoms with Gasteiger partial charge in [-0.25, -0.2) is 14.1 Å². The van der Waals surface area contributed by atoms with Crippen LogP contribution >= 0.6 is 0 Å². The number of hydrogen-bond donors (Lipinski definition) is 0. The molecule has 0 spiro atoms. The van der Waals surface area contributed by atoms with E-state index in [9.17, 15) is 4.39 Å². The molecule has 4 heteroatoms. The number of hydrogen-bond acceptors (Lipinski definition) is 2. The largest absolute Gasteiger partial charge is 0.241 e. The van der Waals surface area contributed by atoms with Crippen molar-refractivity contribution in [2.45, 2.75) is 6.54 Å². The van der Waals surface area contributed by atoms with Crippen molar-refractivity contribution in [3.63, 3.8) is 0 Å². The summed E-state index contributed by atoms with van der Waals surface area (Å²) in [5.74, 6) is 1.16. The van der Waals surface area contributed by atoms with E-state index in [1.54, 1.807) is 6.07 Å². The van der Waals surface area contributed by atoms with E-state index in [-0.39, 0.29) is 5.82 Å². The van der Waals surface area contributed by atoms with Crippen molar-refractivity contribution in [3.8, 4) is 22.8 Å². The summed E-state index contributed by atoms with van der Waals surface area (Å²) in [6.07, 6.45) is 0. The van der Waals surface area contributed by atoms with Gasteiger partial charge in [0.25, 0.3) is 0 Å². The fraction of sp³-hybridized carbons (Fsp3) is 0.0667. The van der Waals surface area contributed by atoms with Gasteiger partial charge in [0.2, 0.25) is 0 Å². The molecular formula is C15H10FN3. The van der Waals surface area contributed by atoms with E-state index in [4.69, 9.17) is 0 Å². The normalized spacial score (nSPS) is 12.3. The molecule has 3 aromatic rings. The van der Waals surface area contributed by atoms with Gasteiger partial charge in [0.1, 0.15) is 5.82 Å². The lowest BCUT2D eigenvalue weighted by molar-refractivity contribution is 0.628. The van der Waals surface area contributed by atoms with Gasteiger partial charge >= 0.3 is 0 Å². The van der Waals surface area contributed by atoms with Crippen LogP contribution in [-0.4, -0.2) is 14.8 Å². The van der Waals surface area contributed by atoms with Crippen LogP contribution in [0.4, 0.5) is 4.39 Å². The Hall–Kier alpha value is -2.49. The van der Waals surface area contributed by atoms with Crippen LogP contribution in [0.3, 0.4) is 0 Å². The average molecular weight is 251 g/mol. The Morgan fingerprint density at radius 3 is 2.84 bits per heavy atom. The van der Waals surface area contributed by atoms with E-state index in [2.05, 4.69) is 16.1 Å². The molecule has 92 valence electrons. The van der Waals surface area contributed by atoms with E-state index >= 15 is 0 Å². The Balaban J connectivity index is 1.85. The molecule has 0 radical (unpaired) electrons. The van der Waals surface area contributed by atoms with Crippen LogP contribution in [0.2, 0.25) is 0 Å². The lowest BCUT2D eigenvalue weighted by atomic mass is 10.1. The molecule has 1 aliphatic rings. The van der Waals surface area contributed by atoms with Crippen LogP contribution in [-0.2, 0) is 6.54 Å². The first-order valence-electron chi connectivity index (χ1n) is 6.10. The number of nitrogens with zero attached hydrogens (tertiary/aromatic N) is 3. The minimum atomic E-state index is -0.271. The Morgan fingerprint density at radius 1 is 1.05 bits per heavy atom. The standard InChI is InChI=1S/C15H10FN3/c16-12-6-3-5-10(8-12)14-17-15-13-7-2-1-4-11(13)9-19(15)18-14/h1-8H,9H2. The quantitative estimate of drug-likeness (QED) is 0.520. The molecule has 0 N–H and O–H groups in total. The van der Waals surface area contributed by atoms with Crippen LogP contribution < -0.4 is 0 Å². The van der Waals surface area contributed by atoms with E-state index in [1.807, 2.05) is 28.9 Å². The number of aromatic nitrogens is 3. The first-order valence-corrected chi connectivity index (χ1v) is 6.10. The van der Waals surface area contributed by atoms with Gasteiger partial charge in [0.05, 0.1) is 6.54 Å². The Morgan fingerprint density at radius 2 is 1.95 bits per heavy atom. The minimum absolute atomic E-state index is 0.271. The summed E-state index contributed by atoms with van der Waals surface area (Å²) in [6.45, 7) is 0.730. The third-order valence-electron chi connectivity index (χ3n) is 3.33. The van der Waals surface area contributed by atoms with E-state index in [0.717, 1.165) is 17.9 Å². The molecule has 0 amide bonds. The molecule has 1 aromatic heterocycles. The first kappa shape index (κ1) is 10.4. The SMILES string of the molecule is Fc1cccc(-c2nc3n(n2)Cc2ccccc2-3)c1. The van der Waals surface area contributed by atoms with Gasteiger partial charge in [-0.15, -0.1) is 0 Å². The molecule has 2 heterocycles. The number of rotatable bonds is 1. The van der Waals surface area contributed by atoms with Crippen molar-refractivity contribution in [1.82, 2.24) is 14.8 Å². The Kier molecular flexibility index (Phi) is 2.06. The molecule has 1 aliphatic heterocycles. The number of halogens is 1. The maximum absolute atomic E-state index is 13.2. The predicted octanol–water partition coefficient (Wildman–Crippen LogP) is 3.11. The summed E-state index contributed by atoms with van der Waals surface area (Å²) in [7, 11) is 0. The Bertz CT molecular complexity index is 777. The second kappa shape index (κ2) is 3.75. The van der Waals surface area contributed by atoms with Gasteiger partial charge in [0.15, 0.2) is 11.6 Å². The smallest absolute Gasteiger partial charge is 0.181 e. The highest BCUT2D eigenvalue weighted by atomic mass is 19.1. The van der Waals surface area contributed by atoms with Crippen molar-refractivity contribution in [3.05, 3.63) is 59.9 Å². The predicted molar refractivity (Wildman–Crippen MR) is 70.0 cm³/mol. The fourth-order valence-electron chi connectivity index (χ4n) is 2.44. The number of fused-ring (bicyclic) bond motifs is 3. The van der Waals surface area contributed by atoms with Crippen molar-refractivity contribution in [2.75, 3.05) is 0 Å². The summed E-state index contributed by atoms with van der Waals surface area (Å²) >= 11 is 0. The zero-order valence-electron chi connectivity index (χ0n) is 10.0. The molecule has 0 aliphatic carbocycles. The van der Waals surface area contributed by atoms with E-state index < -0.39 is 0 Å². The van der Waals surface area contributed by atoms with Gasteiger partial charge in [-0.05, 0) is 17.7 Å². The second-order valence-electron chi connectivity index (χ2n) is 4.58. The molecule has 0 bridgehead atoms. The summed E-state index contributed by atoms with van der Waals surface area (Å²) in [5, 5.41) is 4.46. The molecule has 2 aromatic carbocycles. The average Bonchev–Trinajstić information content (AvgIpc) is 2.96. The van der Waals surface area contributed by atoms with Crippen molar-refractivity contribution >= 4 is 0 Å².